The fourth-order valence-corrected chi connectivity index (χ4v) is 3.97. The quantitative estimate of drug-likeness (QED) is 0.206. The van der Waals surface area contributed by atoms with E-state index in [0.717, 1.165) is 28.4 Å². The third kappa shape index (κ3) is 5.14. The molecule has 35 heavy (non-hydrogen) atoms. The van der Waals surface area contributed by atoms with Crippen molar-refractivity contribution in [1.82, 2.24) is 15.3 Å². The van der Waals surface area contributed by atoms with Crippen molar-refractivity contribution in [3.05, 3.63) is 76.3 Å². The van der Waals surface area contributed by atoms with Crippen molar-refractivity contribution in [3.63, 3.8) is 0 Å². The summed E-state index contributed by atoms with van der Waals surface area (Å²) in [4.78, 5) is 32.7. The number of benzene rings is 3. The topological polar surface area (TPSA) is 125 Å². The highest BCUT2D eigenvalue weighted by Crippen LogP contribution is 2.45. The number of rotatable bonds is 7. The SMILES string of the molecule is CC1(C(=O)NCc2ccc(N)c(Nc3nc4ccc(C(=O)Nc5ccc(Br)cc5)cc4[nH]3)c2)CC1. The van der Waals surface area contributed by atoms with Gasteiger partial charge in [0.25, 0.3) is 5.91 Å². The van der Waals surface area contributed by atoms with Gasteiger partial charge in [-0.05, 0) is 73.0 Å². The number of nitrogens with one attached hydrogen (secondary N) is 4. The number of amides is 2. The van der Waals surface area contributed by atoms with Gasteiger partial charge in [0.05, 0.1) is 22.4 Å². The first-order valence-electron chi connectivity index (χ1n) is 11.3. The number of carbonyl (C=O) groups is 2. The van der Waals surface area contributed by atoms with E-state index in [-0.39, 0.29) is 17.2 Å². The Labute approximate surface area is 210 Å². The number of anilines is 4. The Morgan fingerprint density at radius 2 is 1.86 bits per heavy atom. The van der Waals surface area contributed by atoms with Gasteiger partial charge in [-0.1, -0.05) is 28.9 Å². The van der Waals surface area contributed by atoms with E-state index in [1.807, 2.05) is 43.3 Å². The van der Waals surface area contributed by atoms with Crippen LogP contribution in [0.25, 0.3) is 11.0 Å². The first-order valence-corrected chi connectivity index (χ1v) is 12.1. The van der Waals surface area contributed by atoms with Crippen molar-refractivity contribution in [3.8, 4) is 0 Å². The summed E-state index contributed by atoms with van der Waals surface area (Å²) in [7, 11) is 0. The highest BCUT2D eigenvalue weighted by Gasteiger charge is 2.44. The molecule has 1 saturated carbocycles. The highest BCUT2D eigenvalue weighted by atomic mass is 79.9. The molecule has 2 amide bonds. The van der Waals surface area contributed by atoms with Crippen LogP contribution in [0.3, 0.4) is 0 Å². The molecule has 0 bridgehead atoms. The molecule has 6 N–H and O–H groups in total. The van der Waals surface area contributed by atoms with E-state index in [1.165, 1.54) is 0 Å². The van der Waals surface area contributed by atoms with Crippen LogP contribution >= 0.6 is 15.9 Å². The zero-order chi connectivity index (χ0) is 24.6. The minimum absolute atomic E-state index is 0.0843. The molecule has 0 saturated heterocycles. The second-order valence-corrected chi connectivity index (χ2v) is 9.98. The molecular formula is C26H25BrN6O2. The number of nitrogens with zero attached hydrogens (tertiary/aromatic N) is 1. The number of imidazole rings is 1. The van der Waals surface area contributed by atoms with Crippen LogP contribution in [0.1, 0.15) is 35.7 Å². The van der Waals surface area contributed by atoms with Gasteiger partial charge in [0.1, 0.15) is 0 Å². The molecule has 0 aliphatic heterocycles. The Hall–Kier alpha value is -3.85. The summed E-state index contributed by atoms with van der Waals surface area (Å²) in [6, 6.07) is 18.3. The Balaban J connectivity index is 1.29. The summed E-state index contributed by atoms with van der Waals surface area (Å²) < 4.78 is 0.943. The van der Waals surface area contributed by atoms with Crippen molar-refractivity contribution in [2.24, 2.45) is 5.41 Å². The highest BCUT2D eigenvalue weighted by molar-refractivity contribution is 9.10. The summed E-state index contributed by atoms with van der Waals surface area (Å²) in [6.07, 6.45) is 1.88. The number of carbonyl (C=O) groups excluding carboxylic acids is 2. The Morgan fingerprint density at radius 3 is 2.60 bits per heavy atom. The molecule has 3 aromatic carbocycles. The second-order valence-electron chi connectivity index (χ2n) is 9.07. The van der Waals surface area contributed by atoms with Crippen molar-refractivity contribution in [2.45, 2.75) is 26.3 Å². The molecular weight excluding hydrogens is 508 g/mol. The first-order chi connectivity index (χ1) is 16.8. The summed E-state index contributed by atoms with van der Waals surface area (Å²) in [5.74, 6) is 0.377. The van der Waals surface area contributed by atoms with Gasteiger partial charge in [-0.3, -0.25) is 9.59 Å². The van der Waals surface area contributed by atoms with Gasteiger partial charge in [-0.2, -0.15) is 0 Å². The van der Waals surface area contributed by atoms with Gasteiger partial charge in [0.2, 0.25) is 11.9 Å². The lowest BCUT2D eigenvalue weighted by molar-refractivity contribution is -0.125. The van der Waals surface area contributed by atoms with E-state index in [4.69, 9.17) is 5.73 Å². The van der Waals surface area contributed by atoms with Crippen LogP contribution < -0.4 is 21.7 Å². The van der Waals surface area contributed by atoms with E-state index < -0.39 is 0 Å². The van der Waals surface area contributed by atoms with E-state index >= 15 is 0 Å². The van der Waals surface area contributed by atoms with Gasteiger partial charge >= 0.3 is 0 Å². The van der Waals surface area contributed by atoms with Crippen molar-refractivity contribution in [1.29, 1.82) is 0 Å². The van der Waals surface area contributed by atoms with Crippen LogP contribution in [-0.4, -0.2) is 21.8 Å². The molecule has 0 spiro atoms. The number of nitrogens with two attached hydrogens (primary N) is 1. The van der Waals surface area contributed by atoms with Gasteiger partial charge in [0.15, 0.2) is 0 Å². The van der Waals surface area contributed by atoms with Crippen LogP contribution in [0.15, 0.2) is 65.1 Å². The number of H-pyrrole nitrogens is 1. The average Bonchev–Trinajstić information content (AvgIpc) is 3.47. The average molecular weight is 533 g/mol. The molecule has 9 heteroatoms. The molecule has 1 aliphatic carbocycles. The zero-order valence-electron chi connectivity index (χ0n) is 19.1. The normalized spacial score (nSPS) is 13.9. The lowest BCUT2D eigenvalue weighted by atomic mass is 10.1. The van der Waals surface area contributed by atoms with Crippen LogP contribution in [0.5, 0.6) is 0 Å². The number of halogens is 1. The fourth-order valence-electron chi connectivity index (χ4n) is 3.71. The number of fused-ring (bicyclic) bond motifs is 1. The van der Waals surface area contributed by atoms with Crippen LogP contribution in [0.2, 0.25) is 0 Å². The summed E-state index contributed by atoms with van der Waals surface area (Å²) in [6.45, 7) is 2.41. The minimum Gasteiger partial charge on any atom is -0.397 e. The predicted molar refractivity (Wildman–Crippen MR) is 142 cm³/mol. The Bertz CT molecular complexity index is 1430. The minimum atomic E-state index is -0.211. The number of aromatic amines is 1. The number of nitrogen functional groups attached to an aromatic ring is 1. The maximum Gasteiger partial charge on any atom is 0.255 e. The largest absolute Gasteiger partial charge is 0.397 e. The molecule has 0 atom stereocenters. The molecule has 1 heterocycles. The van der Waals surface area contributed by atoms with Gasteiger partial charge < -0.3 is 26.7 Å². The second kappa shape index (κ2) is 9.07. The summed E-state index contributed by atoms with van der Waals surface area (Å²) >= 11 is 3.39. The molecule has 0 unspecified atom stereocenters. The predicted octanol–water partition coefficient (Wildman–Crippen LogP) is 5.32. The summed E-state index contributed by atoms with van der Waals surface area (Å²) in [5, 5.41) is 9.10. The third-order valence-electron chi connectivity index (χ3n) is 6.22. The van der Waals surface area contributed by atoms with Crippen molar-refractivity contribution in [2.75, 3.05) is 16.4 Å². The van der Waals surface area contributed by atoms with Crippen LogP contribution in [0, 0.1) is 5.41 Å². The number of hydrogen-bond acceptors (Lipinski definition) is 5. The van der Waals surface area contributed by atoms with E-state index in [2.05, 4.69) is 41.8 Å². The maximum absolute atomic E-state index is 12.7. The van der Waals surface area contributed by atoms with E-state index in [0.29, 0.717) is 40.6 Å². The van der Waals surface area contributed by atoms with Crippen LogP contribution in [-0.2, 0) is 11.3 Å². The van der Waals surface area contributed by atoms with Crippen molar-refractivity contribution >= 4 is 61.8 Å². The smallest absolute Gasteiger partial charge is 0.255 e. The molecule has 1 aromatic heterocycles. The molecule has 8 nitrogen and oxygen atoms in total. The number of hydrogen-bond donors (Lipinski definition) is 5. The molecule has 4 aromatic rings. The molecule has 5 rings (SSSR count). The molecule has 1 aliphatic rings. The van der Waals surface area contributed by atoms with Crippen LogP contribution in [0.4, 0.5) is 23.0 Å². The third-order valence-corrected chi connectivity index (χ3v) is 6.75. The van der Waals surface area contributed by atoms with Crippen molar-refractivity contribution < 1.29 is 9.59 Å². The first kappa shape index (κ1) is 22.9. The lowest BCUT2D eigenvalue weighted by Crippen LogP contribution is -2.29. The monoisotopic (exact) mass is 532 g/mol. The van der Waals surface area contributed by atoms with Gasteiger partial charge in [0, 0.05) is 27.7 Å². The Morgan fingerprint density at radius 1 is 1.09 bits per heavy atom. The fraction of sp³-hybridized carbons (Fsp3) is 0.192. The molecule has 1 fully saturated rings. The van der Waals surface area contributed by atoms with Gasteiger partial charge in [-0.15, -0.1) is 0 Å². The molecule has 0 radical (unpaired) electrons. The standard InChI is InChI=1S/C26H25BrN6O2/c1-26(10-11-26)24(35)29-14-15-2-8-19(28)21(12-15)32-25-31-20-9-3-16(13-22(20)33-25)23(34)30-18-6-4-17(27)5-7-18/h2-9,12-13H,10-11,14,28H2,1H3,(H,29,35)(H,30,34)(H2,31,32,33). The van der Waals surface area contributed by atoms with E-state index in [1.54, 1.807) is 24.3 Å². The molecule has 178 valence electrons. The zero-order valence-corrected chi connectivity index (χ0v) is 20.7. The number of aromatic nitrogens is 2. The maximum atomic E-state index is 12.7. The van der Waals surface area contributed by atoms with Gasteiger partial charge in [-0.25, -0.2) is 4.98 Å². The Kier molecular flexibility index (Phi) is 5.94. The summed E-state index contributed by atoms with van der Waals surface area (Å²) in [5.41, 5.74) is 10.8. The lowest BCUT2D eigenvalue weighted by Gasteiger charge is -2.12. The van der Waals surface area contributed by atoms with E-state index in [9.17, 15) is 9.59 Å².